The summed E-state index contributed by atoms with van der Waals surface area (Å²) in [6.45, 7) is 4.15. The molecule has 0 amide bonds. The number of anilines is 1. The number of hydrogen-bond acceptors (Lipinski definition) is 4. The summed E-state index contributed by atoms with van der Waals surface area (Å²) in [5, 5.41) is 0.444. The van der Waals surface area contributed by atoms with Crippen molar-refractivity contribution in [1.82, 2.24) is 0 Å². The van der Waals surface area contributed by atoms with Crippen LogP contribution in [0.4, 0.5) is 5.69 Å². The minimum absolute atomic E-state index is 0.444. The van der Waals surface area contributed by atoms with E-state index in [1.165, 1.54) is 0 Å². The molecule has 0 unspecified atom stereocenters. The van der Waals surface area contributed by atoms with E-state index in [0.717, 1.165) is 0 Å². The number of nitrogens with two attached hydrogens (primary N) is 1. The van der Waals surface area contributed by atoms with Gasteiger partial charge in [-0.05, 0) is 6.07 Å². The van der Waals surface area contributed by atoms with Crippen LogP contribution in [0.2, 0.25) is 5.02 Å². The van der Waals surface area contributed by atoms with Crippen molar-refractivity contribution in [3.8, 4) is 5.75 Å². The molecule has 0 atom stereocenters. The smallest absolute Gasteiger partial charge is 0.225 e. The molecule has 5 heteroatoms. The maximum atomic E-state index is 5.94. The molecule has 0 spiro atoms. The van der Waals surface area contributed by atoms with Gasteiger partial charge in [0.25, 0.3) is 0 Å². The standard InChI is InChI=1S/C11H11ClN2O2/c1-6-5-14-11(16-6)7-3-8(12)9(13)4-10(7)15-2/h3-4H,1,5,13H2,2H3. The molecule has 0 bridgehead atoms. The van der Waals surface area contributed by atoms with Gasteiger partial charge in [-0.15, -0.1) is 0 Å². The third-order valence-corrected chi connectivity index (χ3v) is 2.52. The predicted molar refractivity (Wildman–Crippen MR) is 64.0 cm³/mol. The molecule has 0 aliphatic carbocycles. The monoisotopic (exact) mass is 238 g/mol. The zero-order chi connectivity index (χ0) is 11.7. The Hall–Kier alpha value is -1.68. The number of aliphatic imine (C=N–C) groups is 1. The summed E-state index contributed by atoms with van der Waals surface area (Å²) in [7, 11) is 1.55. The van der Waals surface area contributed by atoms with E-state index in [0.29, 0.717) is 40.2 Å². The summed E-state index contributed by atoms with van der Waals surface area (Å²) in [4.78, 5) is 4.18. The molecule has 1 aromatic carbocycles. The summed E-state index contributed by atoms with van der Waals surface area (Å²) >= 11 is 5.94. The highest BCUT2D eigenvalue weighted by Crippen LogP contribution is 2.31. The molecule has 1 heterocycles. The fourth-order valence-electron chi connectivity index (χ4n) is 1.41. The Balaban J connectivity index is 2.47. The number of benzene rings is 1. The zero-order valence-corrected chi connectivity index (χ0v) is 9.54. The van der Waals surface area contributed by atoms with Crippen LogP contribution in [0, 0.1) is 0 Å². The third kappa shape index (κ3) is 1.84. The number of ether oxygens (including phenoxy) is 2. The average Bonchev–Trinajstić information content (AvgIpc) is 2.68. The summed E-state index contributed by atoms with van der Waals surface area (Å²) in [6, 6.07) is 3.32. The topological polar surface area (TPSA) is 56.8 Å². The molecule has 16 heavy (non-hydrogen) atoms. The van der Waals surface area contributed by atoms with Crippen LogP contribution >= 0.6 is 11.6 Å². The predicted octanol–water partition coefficient (Wildman–Crippen LogP) is 2.22. The maximum Gasteiger partial charge on any atom is 0.225 e. The average molecular weight is 239 g/mol. The second kappa shape index (κ2) is 4.06. The van der Waals surface area contributed by atoms with Crippen LogP contribution in [-0.4, -0.2) is 19.6 Å². The Morgan fingerprint density at radius 3 is 2.88 bits per heavy atom. The van der Waals surface area contributed by atoms with Gasteiger partial charge in [-0.25, -0.2) is 4.99 Å². The Labute approximate surface area is 98.3 Å². The number of nitrogen functional groups attached to an aromatic ring is 1. The van der Waals surface area contributed by atoms with Gasteiger partial charge in [0.2, 0.25) is 5.90 Å². The first kappa shape index (κ1) is 10.8. The third-order valence-electron chi connectivity index (χ3n) is 2.19. The van der Waals surface area contributed by atoms with Crippen molar-refractivity contribution in [3.05, 3.63) is 35.1 Å². The summed E-state index contributed by atoms with van der Waals surface area (Å²) in [5.74, 6) is 1.64. The van der Waals surface area contributed by atoms with Crippen LogP contribution in [0.1, 0.15) is 5.56 Å². The number of hydrogen-bond donors (Lipinski definition) is 1. The van der Waals surface area contributed by atoms with Crippen LogP contribution < -0.4 is 10.5 Å². The van der Waals surface area contributed by atoms with E-state index in [9.17, 15) is 0 Å². The van der Waals surface area contributed by atoms with E-state index in [1.54, 1.807) is 19.2 Å². The van der Waals surface area contributed by atoms with Gasteiger partial charge >= 0.3 is 0 Å². The molecular weight excluding hydrogens is 228 g/mol. The molecule has 1 aromatic rings. The largest absolute Gasteiger partial charge is 0.496 e. The van der Waals surface area contributed by atoms with Gasteiger partial charge in [-0.2, -0.15) is 0 Å². The SMILES string of the molecule is C=C1CN=C(c2cc(Cl)c(N)cc2OC)O1. The molecule has 2 rings (SSSR count). The minimum Gasteiger partial charge on any atom is -0.496 e. The fourth-order valence-corrected chi connectivity index (χ4v) is 1.57. The molecule has 0 radical (unpaired) electrons. The van der Waals surface area contributed by atoms with Crippen LogP contribution in [-0.2, 0) is 4.74 Å². The van der Waals surface area contributed by atoms with E-state index in [4.69, 9.17) is 26.8 Å². The number of rotatable bonds is 2. The zero-order valence-electron chi connectivity index (χ0n) is 8.79. The summed E-state index contributed by atoms with van der Waals surface area (Å²) in [5.41, 5.74) is 6.82. The second-order valence-corrected chi connectivity index (χ2v) is 3.74. The van der Waals surface area contributed by atoms with E-state index in [2.05, 4.69) is 11.6 Å². The second-order valence-electron chi connectivity index (χ2n) is 3.34. The lowest BCUT2D eigenvalue weighted by Crippen LogP contribution is -2.04. The van der Waals surface area contributed by atoms with Crippen molar-refractivity contribution in [2.75, 3.05) is 19.4 Å². The van der Waals surface area contributed by atoms with Crippen molar-refractivity contribution in [1.29, 1.82) is 0 Å². The van der Waals surface area contributed by atoms with E-state index < -0.39 is 0 Å². The molecular formula is C11H11ClN2O2. The molecule has 4 nitrogen and oxygen atoms in total. The van der Waals surface area contributed by atoms with Gasteiger partial charge in [-0.3, -0.25) is 0 Å². The molecule has 84 valence electrons. The molecule has 0 aromatic heterocycles. The normalized spacial score (nSPS) is 14.6. The van der Waals surface area contributed by atoms with Crippen molar-refractivity contribution >= 4 is 23.2 Å². The van der Waals surface area contributed by atoms with Crippen LogP contribution in [0.15, 0.2) is 29.5 Å². The highest BCUT2D eigenvalue weighted by atomic mass is 35.5. The van der Waals surface area contributed by atoms with Gasteiger partial charge in [0.15, 0.2) is 0 Å². The number of methoxy groups -OCH3 is 1. The summed E-state index contributed by atoms with van der Waals surface area (Å²) in [6.07, 6.45) is 0. The molecule has 2 N–H and O–H groups in total. The van der Waals surface area contributed by atoms with Gasteiger partial charge in [0, 0.05) is 6.07 Å². The minimum atomic E-state index is 0.444. The van der Waals surface area contributed by atoms with Gasteiger partial charge in [-0.1, -0.05) is 18.2 Å². The Kier molecular flexibility index (Phi) is 2.75. The first-order valence-electron chi connectivity index (χ1n) is 4.65. The van der Waals surface area contributed by atoms with Gasteiger partial charge < -0.3 is 15.2 Å². The van der Waals surface area contributed by atoms with Crippen molar-refractivity contribution in [3.63, 3.8) is 0 Å². The lowest BCUT2D eigenvalue weighted by atomic mass is 10.2. The van der Waals surface area contributed by atoms with E-state index in [1.807, 2.05) is 0 Å². The highest BCUT2D eigenvalue weighted by Gasteiger charge is 2.19. The van der Waals surface area contributed by atoms with Crippen molar-refractivity contribution < 1.29 is 9.47 Å². The summed E-state index contributed by atoms with van der Waals surface area (Å²) < 4.78 is 10.6. The molecule has 0 saturated carbocycles. The highest BCUT2D eigenvalue weighted by molar-refractivity contribution is 6.33. The van der Waals surface area contributed by atoms with E-state index >= 15 is 0 Å². The van der Waals surface area contributed by atoms with Gasteiger partial charge in [0.05, 0.1) is 23.4 Å². The molecule has 0 fully saturated rings. The molecule has 1 aliphatic heterocycles. The van der Waals surface area contributed by atoms with Crippen LogP contribution in [0.25, 0.3) is 0 Å². The van der Waals surface area contributed by atoms with Gasteiger partial charge in [0.1, 0.15) is 18.1 Å². The van der Waals surface area contributed by atoms with Crippen molar-refractivity contribution in [2.45, 2.75) is 0 Å². The number of nitrogens with zero attached hydrogens (tertiary/aromatic N) is 1. The first-order chi connectivity index (χ1) is 7.61. The lowest BCUT2D eigenvalue weighted by molar-refractivity contribution is 0.406. The Morgan fingerprint density at radius 2 is 2.31 bits per heavy atom. The molecule has 1 aliphatic rings. The van der Waals surface area contributed by atoms with Crippen LogP contribution in [0.3, 0.4) is 0 Å². The molecule has 0 saturated heterocycles. The van der Waals surface area contributed by atoms with Crippen LogP contribution in [0.5, 0.6) is 5.75 Å². The lowest BCUT2D eigenvalue weighted by Gasteiger charge is -2.10. The first-order valence-corrected chi connectivity index (χ1v) is 5.03. The van der Waals surface area contributed by atoms with E-state index in [-0.39, 0.29) is 0 Å². The Morgan fingerprint density at radius 1 is 1.56 bits per heavy atom. The quantitative estimate of drug-likeness (QED) is 0.804. The van der Waals surface area contributed by atoms with Crippen molar-refractivity contribution in [2.24, 2.45) is 4.99 Å². The maximum absolute atomic E-state index is 5.94. The number of halogens is 1. The Bertz CT molecular complexity index is 483. The fraction of sp³-hybridized carbons (Fsp3) is 0.182.